The molecule has 2 spiro atoms. The maximum Gasteiger partial charge on any atom is 0.257 e. The van der Waals surface area contributed by atoms with Gasteiger partial charge in [0, 0.05) is 45.9 Å². The van der Waals surface area contributed by atoms with Gasteiger partial charge in [-0.1, -0.05) is 55.4 Å². The molecule has 4 saturated carbocycles. The molecule has 2 aromatic carbocycles. The van der Waals surface area contributed by atoms with Gasteiger partial charge >= 0.3 is 0 Å². The minimum atomic E-state index is -0.726. The summed E-state index contributed by atoms with van der Waals surface area (Å²) >= 11 is 0. The Kier molecular flexibility index (Phi) is 7.35. The third kappa shape index (κ3) is 4.23. The summed E-state index contributed by atoms with van der Waals surface area (Å²) in [6.45, 7) is 18.6. The SMILES string of the molecule is CC1CCC2C(C)(C)C(O)CCC2(C)C12Cc1c(O)cc3c(c1O2)CN(C1OCc2cc(O)c4c(c21)OC1(C4)C(C)CCC2C(C)(C)C(O)CCC21C)C3=O. The lowest BCUT2D eigenvalue weighted by atomic mass is 9.43. The van der Waals surface area contributed by atoms with Crippen LogP contribution < -0.4 is 9.47 Å². The summed E-state index contributed by atoms with van der Waals surface area (Å²) in [6, 6.07) is 3.46. The summed E-state index contributed by atoms with van der Waals surface area (Å²) in [5, 5.41) is 45.6. The van der Waals surface area contributed by atoms with Crippen molar-refractivity contribution in [3.05, 3.63) is 45.5 Å². The lowest BCUT2D eigenvalue weighted by molar-refractivity contribution is -0.210. The third-order valence-corrected chi connectivity index (χ3v) is 18.4. The van der Waals surface area contributed by atoms with Crippen LogP contribution in [0.2, 0.25) is 0 Å². The second-order valence-electron chi connectivity index (χ2n) is 21.1. The number of carbonyl (C=O) groups is 1. The molecule has 9 nitrogen and oxygen atoms in total. The smallest absolute Gasteiger partial charge is 0.257 e. The Morgan fingerprint density at radius 2 is 1.20 bits per heavy atom. The molecule has 4 aliphatic heterocycles. The number of aliphatic hydroxyl groups is 2. The number of amides is 1. The number of nitrogens with zero attached hydrogens (tertiary/aromatic N) is 1. The quantitative estimate of drug-likeness (QED) is 0.230. The molecule has 9 heteroatoms. The van der Waals surface area contributed by atoms with E-state index in [9.17, 15) is 25.2 Å². The maximum atomic E-state index is 14.6. The van der Waals surface area contributed by atoms with Gasteiger partial charge in [0.1, 0.15) is 34.2 Å². The maximum absolute atomic E-state index is 14.6. The molecule has 0 saturated heterocycles. The van der Waals surface area contributed by atoms with E-state index in [4.69, 9.17) is 14.2 Å². The minimum absolute atomic E-state index is 0.104. The lowest BCUT2D eigenvalue weighted by Gasteiger charge is -2.64. The van der Waals surface area contributed by atoms with Crippen molar-refractivity contribution in [3.63, 3.8) is 0 Å². The second-order valence-corrected chi connectivity index (χ2v) is 21.1. The molecule has 2 aromatic rings. The number of carbonyl (C=O) groups excluding carboxylic acids is 1. The van der Waals surface area contributed by atoms with E-state index in [1.54, 1.807) is 11.0 Å². The predicted octanol–water partition coefficient (Wildman–Crippen LogP) is 8.10. The van der Waals surface area contributed by atoms with Crippen LogP contribution >= 0.6 is 0 Å². The van der Waals surface area contributed by atoms with E-state index in [1.807, 2.05) is 6.07 Å². The Labute approximate surface area is 325 Å². The monoisotopic (exact) mass is 755 g/mol. The average molecular weight is 756 g/mol. The van der Waals surface area contributed by atoms with Gasteiger partial charge in [-0.15, -0.1) is 0 Å². The van der Waals surface area contributed by atoms with Crippen molar-refractivity contribution in [2.24, 2.45) is 45.3 Å². The zero-order valence-electron chi connectivity index (χ0n) is 34.1. The highest BCUT2D eigenvalue weighted by atomic mass is 16.5. The van der Waals surface area contributed by atoms with Crippen LogP contribution in [0.5, 0.6) is 23.0 Å². The van der Waals surface area contributed by atoms with Crippen LogP contribution in [0.3, 0.4) is 0 Å². The van der Waals surface area contributed by atoms with E-state index in [1.165, 1.54) is 0 Å². The van der Waals surface area contributed by atoms with E-state index >= 15 is 0 Å². The molecule has 0 radical (unpaired) electrons. The Balaban J connectivity index is 1.01. The Morgan fingerprint density at radius 1 is 0.691 bits per heavy atom. The molecular formula is C46H61NO8. The van der Waals surface area contributed by atoms with Crippen molar-refractivity contribution in [2.45, 2.75) is 162 Å². The fourth-order valence-corrected chi connectivity index (χ4v) is 14.9. The fraction of sp³-hybridized carbons (Fsp3) is 0.717. The van der Waals surface area contributed by atoms with Crippen LogP contribution in [0.1, 0.15) is 151 Å². The van der Waals surface area contributed by atoms with Gasteiger partial charge in [0.25, 0.3) is 5.91 Å². The van der Waals surface area contributed by atoms with E-state index in [2.05, 4.69) is 55.4 Å². The molecular weight excluding hydrogens is 695 g/mol. The molecule has 0 bridgehead atoms. The van der Waals surface area contributed by atoms with Gasteiger partial charge in [-0.25, -0.2) is 0 Å². The van der Waals surface area contributed by atoms with Gasteiger partial charge in [-0.3, -0.25) is 4.79 Å². The average Bonchev–Trinajstić information content (AvgIpc) is 3.90. The molecule has 8 aliphatic rings. The molecule has 55 heavy (non-hydrogen) atoms. The van der Waals surface area contributed by atoms with Crippen LogP contribution in [0.15, 0.2) is 12.1 Å². The number of hydrogen-bond acceptors (Lipinski definition) is 8. The molecule has 4 aliphatic carbocycles. The van der Waals surface area contributed by atoms with Crippen LogP contribution in [0, 0.1) is 45.3 Å². The summed E-state index contributed by atoms with van der Waals surface area (Å²) in [5.74, 6) is 2.34. The second kappa shape index (κ2) is 11.1. The molecule has 0 aromatic heterocycles. The first kappa shape index (κ1) is 36.3. The highest BCUT2D eigenvalue weighted by Crippen LogP contribution is 2.69. The topological polar surface area (TPSA) is 129 Å². The van der Waals surface area contributed by atoms with Gasteiger partial charge in [0.15, 0.2) is 6.23 Å². The number of fused-ring (bicyclic) bond motifs is 10. The van der Waals surface area contributed by atoms with Crippen molar-refractivity contribution in [1.29, 1.82) is 0 Å². The van der Waals surface area contributed by atoms with Crippen LogP contribution in [0.4, 0.5) is 0 Å². The summed E-state index contributed by atoms with van der Waals surface area (Å²) in [5.41, 5.74) is 2.32. The first-order chi connectivity index (χ1) is 25.8. The summed E-state index contributed by atoms with van der Waals surface area (Å²) in [4.78, 5) is 16.3. The van der Waals surface area contributed by atoms with Gasteiger partial charge in [-0.2, -0.15) is 0 Å². The van der Waals surface area contributed by atoms with Crippen molar-refractivity contribution in [2.75, 3.05) is 0 Å². The zero-order chi connectivity index (χ0) is 39.0. The molecule has 10 rings (SSSR count). The Morgan fingerprint density at radius 3 is 1.76 bits per heavy atom. The Hall–Kier alpha value is -3.01. The van der Waals surface area contributed by atoms with Crippen molar-refractivity contribution >= 4 is 5.91 Å². The van der Waals surface area contributed by atoms with Gasteiger partial charge < -0.3 is 39.5 Å². The molecule has 4 heterocycles. The number of hydrogen-bond donors (Lipinski definition) is 4. The van der Waals surface area contributed by atoms with E-state index in [-0.39, 0.29) is 88.1 Å². The van der Waals surface area contributed by atoms with Crippen LogP contribution in [-0.4, -0.2) is 54.6 Å². The first-order valence-electron chi connectivity index (χ1n) is 21.2. The number of aliphatic hydroxyl groups excluding tert-OH is 2. The van der Waals surface area contributed by atoms with Gasteiger partial charge in [0.2, 0.25) is 0 Å². The van der Waals surface area contributed by atoms with Crippen molar-refractivity contribution in [3.8, 4) is 23.0 Å². The minimum Gasteiger partial charge on any atom is -0.508 e. The standard InChI is InChI=1S/C46H61NO8/c1-23-9-11-32-41(3,4)34(50)13-15-43(32,7)45(23)19-27-31(49)18-26-29(37(27)54-45)21-47(39(26)52)40-36-25(22-53-40)17-30(48)28-20-46(55-38(28)36)24(2)10-12-33-42(5,6)35(51)14-16-44(33,46)8/h17-18,23-24,32-35,40,48-51H,9-16,19-22H2,1-8H3. The number of benzene rings is 2. The molecule has 298 valence electrons. The Bertz CT molecular complexity index is 2020. The summed E-state index contributed by atoms with van der Waals surface area (Å²) < 4.78 is 21.2. The molecule has 11 atom stereocenters. The number of rotatable bonds is 1. The molecule has 4 fully saturated rings. The van der Waals surface area contributed by atoms with Gasteiger partial charge in [-0.05, 0) is 104 Å². The normalized spacial score (nSPS) is 43.0. The van der Waals surface area contributed by atoms with Crippen molar-refractivity contribution < 1.29 is 39.4 Å². The number of ether oxygens (including phenoxy) is 3. The number of phenolic OH excluding ortho intramolecular Hbond substituents is 2. The zero-order valence-corrected chi connectivity index (χ0v) is 34.1. The number of phenols is 2. The lowest BCUT2D eigenvalue weighted by Crippen LogP contribution is -2.66. The number of aromatic hydroxyl groups is 2. The van der Waals surface area contributed by atoms with Gasteiger partial charge in [0.05, 0.1) is 30.9 Å². The fourth-order valence-electron chi connectivity index (χ4n) is 14.9. The summed E-state index contributed by atoms with van der Waals surface area (Å²) in [6.07, 6.45) is 6.80. The highest BCUT2D eigenvalue weighted by Gasteiger charge is 2.69. The highest BCUT2D eigenvalue weighted by molar-refractivity contribution is 6.00. The van der Waals surface area contributed by atoms with E-state index < -0.39 is 17.4 Å². The van der Waals surface area contributed by atoms with Crippen LogP contribution in [-0.2, 0) is 30.7 Å². The third-order valence-electron chi connectivity index (χ3n) is 18.4. The largest absolute Gasteiger partial charge is 0.508 e. The van der Waals surface area contributed by atoms with E-state index in [0.29, 0.717) is 42.7 Å². The summed E-state index contributed by atoms with van der Waals surface area (Å²) in [7, 11) is 0. The van der Waals surface area contributed by atoms with Crippen molar-refractivity contribution in [1.82, 2.24) is 4.90 Å². The molecule has 11 unspecified atom stereocenters. The first-order valence-corrected chi connectivity index (χ1v) is 21.2. The van der Waals surface area contributed by atoms with E-state index in [0.717, 1.165) is 66.3 Å². The molecule has 1 amide bonds. The molecule has 4 N–H and O–H groups in total. The predicted molar refractivity (Wildman–Crippen MR) is 206 cm³/mol. The van der Waals surface area contributed by atoms with Crippen LogP contribution in [0.25, 0.3) is 0 Å².